The zero-order valence-electron chi connectivity index (χ0n) is 15.9. The van der Waals surface area contributed by atoms with Gasteiger partial charge in [0.2, 0.25) is 5.91 Å². The van der Waals surface area contributed by atoms with Crippen molar-refractivity contribution in [1.29, 1.82) is 0 Å². The summed E-state index contributed by atoms with van der Waals surface area (Å²) < 4.78 is 0. The van der Waals surface area contributed by atoms with E-state index in [2.05, 4.69) is 46.6 Å². The Labute approximate surface area is 155 Å². The second-order valence-corrected chi connectivity index (χ2v) is 7.58. The number of hydrogen-bond acceptors (Lipinski definition) is 4. The summed E-state index contributed by atoms with van der Waals surface area (Å²) in [5.41, 5.74) is 1.61. The number of nitrogens with one attached hydrogen (secondary N) is 3. The van der Waals surface area contributed by atoms with E-state index in [9.17, 15) is 4.79 Å². The number of amides is 1. The lowest BCUT2D eigenvalue weighted by Crippen LogP contribution is -2.34. The molecule has 1 aromatic carbocycles. The third-order valence-electron chi connectivity index (χ3n) is 5.14. The molecule has 2 heterocycles. The highest BCUT2D eigenvalue weighted by molar-refractivity contribution is 5.94. The molecule has 2 atom stereocenters. The van der Waals surface area contributed by atoms with Crippen LogP contribution in [0.15, 0.2) is 24.3 Å². The number of carbonyl (C=O) groups is 1. The smallest absolute Gasteiger partial charge is 0.224 e. The SMILES string of the molecule is CC(C)c1nc(-c2ccccc2NC(=O)CC(C)C2CCCNC2)n[nH]1. The normalized spacial score (nSPS) is 18.7. The average molecular weight is 355 g/mol. The van der Waals surface area contributed by atoms with Gasteiger partial charge in [0.25, 0.3) is 0 Å². The summed E-state index contributed by atoms with van der Waals surface area (Å²) in [6, 6.07) is 7.71. The van der Waals surface area contributed by atoms with Gasteiger partial charge in [-0.1, -0.05) is 32.9 Å². The minimum absolute atomic E-state index is 0.0511. The van der Waals surface area contributed by atoms with Gasteiger partial charge in [-0.25, -0.2) is 4.98 Å². The topological polar surface area (TPSA) is 82.7 Å². The van der Waals surface area contributed by atoms with E-state index in [4.69, 9.17) is 0 Å². The van der Waals surface area contributed by atoms with Crippen LogP contribution in [0.3, 0.4) is 0 Å². The lowest BCUT2D eigenvalue weighted by molar-refractivity contribution is -0.117. The first-order chi connectivity index (χ1) is 12.5. The molecule has 0 spiro atoms. The van der Waals surface area contributed by atoms with Gasteiger partial charge < -0.3 is 10.6 Å². The quantitative estimate of drug-likeness (QED) is 0.740. The van der Waals surface area contributed by atoms with Crippen molar-refractivity contribution in [3.05, 3.63) is 30.1 Å². The molecule has 3 N–H and O–H groups in total. The summed E-state index contributed by atoms with van der Waals surface area (Å²) >= 11 is 0. The fourth-order valence-corrected chi connectivity index (χ4v) is 3.46. The van der Waals surface area contributed by atoms with Gasteiger partial charge in [-0.3, -0.25) is 9.89 Å². The molecule has 140 valence electrons. The van der Waals surface area contributed by atoms with E-state index in [-0.39, 0.29) is 11.8 Å². The summed E-state index contributed by atoms with van der Waals surface area (Å²) in [6.07, 6.45) is 2.93. The summed E-state index contributed by atoms with van der Waals surface area (Å²) in [6.45, 7) is 8.42. The molecule has 1 aliphatic rings. The van der Waals surface area contributed by atoms with Crippen LogP contribution in [0.4, 0.5) is 5.69 Å². The maximum Gasteiger partial charge on any atom is 0.224 e. The molecule has 2 aromatic rings. The molecule has 6 heteroatoms. The van der Waals surface area contributed by atoms with E-state index in [0.29, 0.717) is 24.1 Å². The molecule has 1 amide bonds. The predicted molar refractivity (Wildman–Crippen MR) is 104 cm³/mol. The van der Waals surface area contributed by atoms with Crippen molar-refractivity contribution in [2.75, 3.05) is 18.4 Å². The van der Waals surface area contributed by atoms with Crippen LogP contribution in [0.2, 0.25) is 0 Å². The van der Waals surface area contributed by atoms with Crippen molar-refractivity contribution in [3.8, 4) is 11.4 Å². The summed E-state index contributed by atoms with van der Waals surface area (Å²) in [7, 11) is 0. The molecule has 0 saturated carbocycles. The molecule has 0 bridgehead atoms. The first kappa shape index (κ1) is 18.6. The van der Waals surface area contributed by atoms with Crippen LogP contribution in [-0.2, 0) is 4.79 Å². The number of anilines is 1. The highest BCUT2D eigenvalue weighted by Gasteiger charge is 2.22. The van der Waals surface area contributed by atoms with Gasteiger partial charge in [0.05, 0.1) is 5.69 Å². The zero-order chi connectivity index (χ0) is 18.5. The standard InChI is InChI=1S/C20H29N5O/c1-13(2)19-23-20(25-24-19)16-8-4-5-9-17(16)22-18(26)11-14(3)15-7-6-10-21-12-15/h4-5,8-9,13-15,21H,6-7,10-12H2,1-3H3,(H,22,26)(H,23,24,25). The van der Waals surface area contributed by atoms with Crippen molar-refractivity contribution in [2.45, 2.75) is 46.0 Å². The number of aromatic amines is 1. The first-order valence-corrected chi connectivity index (χ1v) is 9.57. The number of carbonyl (C=O) groups excluding carboxylic acids is 1. The van der Waals surface area contributed by atoms with Crippen LogP contribution >= 0.6 is 0 Å². The fourth-order valence-electron chi connectivity index (χ4n) is 3.46. The van der Waals surface area contributed by atoms with Crippen LogP contribution in [0, 0.1) is 11.8 Å². The third kappa shape index (κ3) is 4.49. The van der Waals surface area contributed by atoms with E-state index >= 15 is 0 Å². The van der Waals surface area contributed by atoms with Crippen LogP contribution in [0.5, 0.6) is 0 Å². The van der Waals surface area contributed by atoms with Gasteiger partial charge in [0, 0.05) is 17.9 Å². The van der Waals surface area contributed by atoms with E-state index in [1.54, 1.807) is 0 Å². The molecular weight excluding hydrogens is 326 g/mol. The molecule has 1 saturated heterocycles. The molecular formula is C20H29N5O. The molecule has 0 aliphatic carbocycles. The monoisotopic (exact) mass is 355 g/mol. The molecule has 3 rings (SSSR count). The highest BCUT2D eigenvalue weighted by atomic mass is 16.1. The molecule has 26 heavy (non-hydrogen) atoms. The van der Waals surface area contributed by atoms with Gasteiger partial charge in [-0.05, 0) is 49.9 Å². The second kappa shape index (κ2) is 8.45. The first-order valence-electron chi connectivity index (χ1n) is 9.57. The Morgan fingerprint density at radius 1 is 1.31 bits per heavy atom. The number of benzene rings is 1. The van der Waals surface area contributed by atoms with E-state index in [1.807, 2.05) is 24.3 Å². The summed E-state index contributed by atoms with van der Waals surface area (Å²) in [4.78, 5) is 17.1. The number of aromatic nitrogens is 3. The lowest BCUT2D eigenvalue weighted by Gasteiger charge is -2.28. The Hall–Kier alpha value is -2.21. The minimum Gasteiger partial charge on any atom is -0.325 e. The Kier molecular flexibility index (Phi) is 6.04. The molecule has 1 fully saturated rings. The number of H-pyrrole nitrogens is 1. The molecule has 1 aromatic heterocycles. The van der Waals surface area contributed by atoms with Gasteiger partial charge >= 0.3 is 0 Å². The summed E-state index contributed by atoms with van der Waals surface area (Å²) in [5, 5.41) is 13.8. The van der Waals surface area contributed by atoms with Crippen molar-refractivity contribution in [1.82, 2.24) is 20.5 Å². The van der Waals surface area contributed by atoms with Crippen molar-refractivity contribution < 1.29 is 4.79 Å². The number of para-hydroxylation sites is 1. The molecule has 0 radical (unpaired) electrons. The Balaban J connectivity index is 1.68. The Morgan fingerprint density at radius 2 is 2.12 bits per heavy atom. The number of piperidine rings is 1. The van der Waals surface area contributed by atoms with E-state index < -0.39 is 0 Å². The van der Waals surface area contributed by atoms with Crippen LogP contribution in [-0.4, -0.2) is 34.2 Å². The second-order valence-electron chi connectivity index (χ2n) is 7.58. The zero-order valence-corrected chi connectivity index (χ0v) is 15.9. The maximum atomic E-state index is 12.6. The molecule has 6 nitrogen and oxygen atoms in total. The van der Waals surface area contributed by atoms with E-state index in [0.717, 1.165) is 30.2 Å². The number of hydrogen-bond donors (Lipinski definition) is 3. The highest BCUT2D eigenvalue weighted by Crippen LogP contribution is 2.27. The Bertz CT molecular complexity index is 733. The molecule has 2 unspecified atom stereocenters. The van der Waals surface area contributed by atoms with E-state index in [1.165, 1.54) is 12.8 Å². The maximum absolute atomic E-state index is 12.6. The van der Waals surface area contributed by atoms with Crippen molar-refractivity contribution >= 4 is 11.6 Å². The van der Waals surface area contributed by atoms with Gasteiger partial charge in [0.15, 0.2) is 5.82 Å². The minimum atomic E-state index is 0.0511. The van der Waals surface area contributed by atoms with Crippen LogP contribution < -0.4 is 10.6 Å². The lowest BCUT2D eigenvalue weighted by atomic mass is 9.85. The fraction of sp³-hybridized carbons (Fsp3) is 0.550. The number of nitrogens with zero attached hydrogens (tertiary/aromatic N) is 2. The third-order valence-corrected chi connectivity index (χ3v) is 5.14. The largest absolute Gasteiger partial charge is 0.325 e. The predicted octanol–water partition coefficient (Wildman–Crippen LogP) is 3.56. The summed E-state index contributed by atoms with van der Waals surface area (Å²) in [5.74, 6) is 2.74. The van der Waals surface area contributed by atoms with Gasteiger partial charge in [-0.15, -0.1) is 0 Å². The van der Waals surface area contributed by atoms with Gasteiger partial charge in [0.1, 0.15) is 5.82 Å². The Morgan fingerprint density at radius 3 is 2.81 bits per heavy atom. The van der Waals surface area contributed by atoms with Crippen LogP contribution in [0.1, 0.15) is 51.8 Å². The molecule has 1 aliphatic heterocycles. The van der Waals surface area contributed by atoms with Crippen molar-refractivity contribution in [3.63, 3.8) is 0 Å². The van der Waals surface area contributed by atoms with Gasteiger partial charge in [-0.2, -0.15) is 5.10 Å². The van der Waals surface area contributed by atoms with Crippen LogP contribution in [0.25, 0.3) is 11.4 Å². The number of rotatable bonds is 6. The van der Waals surface area contributed by atoms with Crippen molar-refractivity contribution in [2.24, 2.45) is 11.8 Å². The average Bonchev–Trinajstić information content (AvgIpc) is 3.13.